The molecule has 1 heterocycles. The second kappa shape index (κ2) is 3.87. The first kappa shape index (κ1) is 9.93. The number of hydrogen-bond acceptors (Lipinski definition) is 3. The lowest BCUT2D eigenvalue weighted by Gasteiger charge is -2.50. The molecule has 2 aliphatic rings. The van der Waals surface area contributed by atoms with Crippen molar-refractivity contribution < 1.29 is 14.6 Å². The van der Waals surface area contributed by atoms with Crippen LogP contribution in [0.25, 0.3) is 0 Å². The van der Waals surface area contributed by atoms with Gasteiger partial charge in [-0.25, -0.2) is 0 Å². The summed E-state index contributed by atoms with van der Waals surface area (Å²) in [4.78, 5) is 12.8. The Kier molecular flexibility index (Phi) is 2.74. The fourth-order valence-electron chi connectivity index (χ4n) is 2.31. The molecule has 1 aliphatic carbocycles. The minimum atomic E-state index is -0.668. The van der Waals surface area contributed by atoms with Gasteiger partial charge in [-0.15, -0.1) is 0 Å². The third kappa shape index (κ3) is 1.91. The first-order chi connectivity index (χ1) is 6.69. The number of nitrogens with zero attached hydrogens (tertiary/aromatic N) is 1. The van der Waals surface area contributed by atoms with Crippen molar-refractivity contribution in [3.8, 4) is 0 Å². The van der Waals surface area contributed by atoms with Crippen molar-refractivity contribution in [3.05, 3.63) is 0 Å². The Morgan fingerprint density at radius 1 is 1.50 bits per heavy atom. The fourth-order valence-corrected chi connectivity index (χ4v) is 2.31. The van der Waals surface area contributed by atoms with Gasteiger partial charge >= 0.3 is 5.97 Å². The molecule has 1 aliphatic heterocycles. The maximum absolute atomic E-state index is 10.4. The van der Waals surface area contributed by atoms with Crippen LogP contribution < -0.4 is 0 Å². The maximum Gasteiger partial charge on any atom is 0.303 e. The van der Waals surface area contributed by atoms with Crippen LogP contribution in [0.15, 0.2) is 0 Å². The highest BCUT2D eigenvalue weighted by Gasteiger charge is 2.40. The third-order valence-corrected chi connectivity index (χ3v) is 3.37. The second-order valence-corrected chi connectivity index (χ2v) is 4.40. The van der Waals surface area contributed by atoms with Crippen LogP contribution in [0, 0.1) is 5.92 Å². The molecule has 0 bridgehead atoms. The van der Waals surface area contributed by atoms with Crippen LogP contribution in [-0.2, 0) is 9.53 Å². The number of ether oxygens (including phenoxy) is 1. The highest BCUT2D eigenvalue weighted by Crippen LogP contribution is 2.33. The number of carboxylic acids is 1. The van der Waals surface area contributed by atoms with E-state index in [1.165, 1.54) is 0 Å². The summed E-state index contributed by atoms with van der Waals surface area (Å²) >= 11 is 0. The van der Waals surface area contributed by atoms with E-state index in [9.17, 15) is 4.79 Å². The zero-order valence-electron chi connectivity index (χ0n) is 8.48. The van der Waals surface area contributed by atoms with Crippen molar-refractivity contribution in [1.29, 1.82) is 0 Å². The summed E-state index contributed by atoms with van der Waals surface area (Å²) in [7, 11) is 1.75. The predicted octanol–water partition coefficient (Wildman–Crippen LogP) is 0.570. The van der Waals surface area contributed by atoms with E-state index in [0.717, 1.165) is 25.9 Å². The van der Waals surface area contributed by atoms with E-state index in [-0.39, 0.29) is 0 Å². The SMILES string of the molecule is COC1CC(N2CC(CC(=O)O)C2)C1. The van der Waals surface area contributed by atoms with Crippen LogP contribution in [0.3, 0.4) is 0 Å². The van der Waals surface area contributed by atoms with Crippen molar-refractivity contribution >= 4 is 5.97 Å². The highest BCUT2D eigenvalue weighted by molar-refractivity contribution is 5.67. The van der Waals surface area contributed by atoms with Crippen molar-refractivity contribution in [2.45, 2.75) is 31.4 Å². The van der Waals surface area contributed by atoms with E-state index in [1.807, 2.05) is 0 Å². The normalized spacial score (nSPS) is 33.5. The van der Waals surface area contributed by atoms with Gasteiger partial charge in [0.15, 0.2) is 0 Å². The third-order valence-electron chi connectivity index (χ3n) is 3.37. The molecule has 2 fully saturated rings. The average molecular weight is 199 g/mol. The minimum Gasteiger partial charge on any atom is -0.481 e. The van der Waals surface area contributed by atoms with Gasteiger partial charge in [0.1, 0.15) is 0 Å². The molecule has 14 heavy (non-hydrogen) atoms. The molecule has 0 amide bonds. The molecule has 1 N–H and O–H groups in total. The number of aliphatic carboxylic acids is 1. The molecule has 0 unspecified atom stereocenters. The molecule has 0 radical (unpaired) electrons. The summed E-state index contributed by atoms with van der Waals surface area (Å²) in [5.41, 5.74) is 0. The minimum absolute atomic E-state index is 0.330. The first-order valence-corrected chi connectivity index (χ1v) is 5.17. The Morgan fingerprint density at radius 2 is 2.14 bits per heavy atom. The Bertz CT molecular complexity index is 219. The van der Waals surface area contributed by atoms with Crippen LogP contribution in [-0.4, -0.2) is 48.3 Å². The number of likely N-dealkylation sites (tertiary alicyclic amines) is 1. The van der Waals surface area contributed by atoms with Crippen LogP contribution in [0.2, 0.25) is 0 Å². The van der Waals surface area contributed by atoms with Gasteiger partial charge in [0.2, 0.25) is 0 Å². The zero-order valence-corrected chi connectivity index (χ0v) is 8.48. The largest absolute Gasteiger partial charge is 0.481 e. The molecule has 1 saturated heterocycles. The molecule has 80 valence electrons. The van der Waals surface area contributed by atoms with E-state index in [2.05, 4.69) is 4.90 Å². The van der Waals surface area contributed by atoms with Gasteiger partial charge in [-0.1, -0.05) is 0 Å². The molecule has 0 aromatic heterocycles. The van der Waals surface area contributed by atoms with Crippen molar-refractivity contribution in [3.63, 3.8) is 0 Å². The number of carbonyl (C=O) groups is 1. The average Bonchev–Trinajstić information content (AvgIpc) is 1.96. The number of hydrogen-bond donors (Lipinski definition) is 1. The Hall–Kier alpha value is -0.610. The summed E-state index contributed by atoms with van der Waals surface area (Å²) in [6.45, 7) is 1.93. The van der Waals surface area contributed by atoms with Gasteiger partial charge < -0.3 is 9.84 Å². The molecule has 1 saturated carbocycles. The Labute approximate surface area is 83.8 Å². The number of rotatable bonds is 4. The molecular formula is C10H17NO3. The zero-order chi connectivity index (χ0) is 10.1. The van der Waals surface area contributed by atoms with E-state index in [0.29, 0.717) is 24.5 Å². The van der Waals surface area contributed by atoms with Crippen molar-refractivity contribution in [2.24, 2.45) is 5.92 Å². The topological polar surface area (TPSA) is 49.8 Å². The summed E-state index contributed by atoms with van der Waals surface area (Å²) in [6, 6.07) is 0.657. The van der Waals surface area contributed by atoms with Crippen LogP contribution >= 0.6 is 0 Å². The van der Waals surface area contributed by atoms with Crippen LogP contribution in [0.1, 0.15) is 19.3 Å². The van der Waals surface area contributed by atoms with Crippen molar-refractivity contribution in [1.82, 2.24) is 4.90 Å². The van der Waals surface area contributed by atoms with Crippen molar-refractivity contribution in [2.75, 3.05) is 20.2 Å². The van der Waals surface area contributed by atoms with E-state index < -0.39 is 5.97 Å². The summed E-state index contributed by atoms with van der Waals surface area (Å²) in [5.74, 6) is -0.285. The van der Waals surface area contributed by atoms with Gasteiger partial charge in [0.25, 0.3) is 0 Å². The van der Waals surface area contributed by atoms with Crippen LogP contribution in [0.5, 0.6) is 0 Å². The van der Waals surface area contributed by atoms with Crippen LogP contribution in [0.4, 0.5) is 0 Å². The fraction of sp³-hybridized carbons (Fsp3) is 0.900. The van der Waals surface area contributed by atoms with E-state index in [1.54, 1.807) is 7.11 Å². The number of methoxy groups -OCH3 is 1. The van der Waals surface area contributed by atoms with Gasteiger partial charge in [0, 0.05) is 26.2 Å². The molecule has 4 heteroatoms. The van der Waals surface area contributed by atoms with Gasteiger partial charge in [-0.05, 0) is 18.8 Å². The van der Waals surface area contributed by atoms with Gasteiger partial charge in [-0.3, -0.25) is 9.69 Å². The number of carboxylic acid groups (broad SMARTS) is 1. The highest BCUT2D eigenvalue weighted by atomic mass is 16.5. The maximum atomic E-state index is 10.4. The monoisotopic (exact) mass is 199 g/mol. The van der Waals surface area contributed by atoms with Gasteiger partial charge in [-0.2, -0.15) is 0 Å². The smallest absolute Gasteiger partial charge is 0.303 e. The van der Waals surface area contributed by atoms with E-state index in [4.69, 9.17) is 9.84 Å². The summed E-state index contributed by atoms with van der Waals surface area (Å²) in [6.07, 6.45) is 3.02. The predicted molar refractivity (Wildman–Crippen MR) is 51.1 cm³/mol. The lowest BCUT2D eigenvalue weighted by Crippen LogP contribution is -2.58. The molecular weight excluding hydrogens is 182 g/mol. The molecule has 0 atom stereocenters. The quantitative estimate of drug-likeness (QED) is 0.719. The summed E-state index contributed by atoms with van der Waals surface area (Å²) in [5, 5.41) is 8.59. The molecule has 2 rings (SSSR count). The molecule has 0 aromatic rings. The Balaban J connectivity index is 1.62. The second-order valence-electron chi connectivity index (χ2n) is 4.40. The molecule has 0 spiro atoms. The van der Waals surface area contributed by atoms with Gasteiger partial charge in [0.05, 0.1) is 12.5 Å². The lowest BCUT2D eigenvalue weighted by molar-refractivity contribution is -0.141. The standard InChI is InChI=1S/C10H17NO3/c1-14-9-3-8(4-9)11-5-7(6-11)2-10(12)13/h7-9H,2-6H2,1H3,(H,12,13). The first-order valence-electron chi connectivity index (χ1n) is 5.17. The summed E-state index contributed by atoms with van der Waals surface area (Å²) < 4.78 is 5.21. The van der Waals surface area contributed by atoms with E-state index >= 15 is 0 Å². The lowest BCUT2D eigenvalue weighted by atomic mass is 9.83. The Morgan fingerprint density at radius 3 is 2.64 bits per heavy atom. The molecule has 0 aromatic carbocycles. The molecule has 4 nitrogen and oxygen atoms in total.